The first kappa shape index (κ1) is 17.5. The summed E-state index contributed by atoms with van der Waals surface area (Å²) >= 11 is 0. The Bertz CT molecular complexity index is 644. The molecule has 0 bridgehead atoms. The van der Waals surface area contributed by atoms with Crippen molar-refractivity contribution >= 4 is 16.0 Å². The highest BCUT2D eigenvalue weighted by atomic mass is 32.2. The summed E-state index contributed by atoms with van der Waals surface area (Å²) in [5.41, 5.74) is -0.0385. The molecule has 1 aromatic rings. The third-order valence-electron chi connectivity index (χ3n) is 2.81. The van der Waals surface area contributed by atoms with Gasteiger partial charge in [-0.25, -0.2) is 17.2 Å². The lowest BCUT2D eigenvalue weighted by Gasteiger charge is -2.17. The molecule has 1 rings (SSSR count). The quantitative estimate of drug-likeness (QED) is 0.840. The number of rotatable bonds is 6. The SMILES string of the molecule is Cc1cc(F)c(S(=O)(=O)N[C@@H](CC(C)C)C(=O)O)cc1F. The normalized spacial score (nSPS) is 13.4. The molecule has 2 N–H and O–H groups in total. The van der Waals surface area contributed by atoms with Crippen molar-refractivity contribution in [3.8, 4) is 0 Å². The zero-order chi connectivity index (χ0) is 16.4. The van der Waals surface area contributed by atoms with Gasteiger partial charge in [0, 0.05) is 0 Å². The van der Waals surface area contributed by atoms with Crippen LogP contribution in [0.4, 0.5) is 8.78 Å². The maximum atomic E-state index is 13.7. The largest absolute Gasteiger partial charge is 0.480 e. The predicted molar refractivity (Wildman–Crippen MR) is 72.3 cm³/mol. The summed E-state index contributed by atoms with van der Waals surface area (Å²) < 4.78 is 53.1. The van der Waals surface area contributed by atoms with E-state index in [2.05, 4.69) is 0 Å². The van der Waals surface area contributed by atoms with E-state index in [9.17, 15) is 22.0 Å². The number of aliphatic carboxylic acids is 1. The average molecular weight is 321 g/mol. The van der Waals surface area contributed by atoms with Crippen molar-refractivity contribution in [2.45, 2.75) is 38.1 Å². The molecule has 0 aliphatic rings. The molecular formula is C13H17F2NO4S. The third kappa shape index (κ3) is 4.47. The van der Waals surface area contributed by atoms with E-state index in [1.165, 1.54) is 6.92 Å². The van der Waals surface area contributed by atoms with Crippen LogP contribution >= 0.6 is 0 Å². The van der Waals surface area contributed by atoms with Crippen molar-refractivity contribution in [1.82, 2.24) is 4.72 Å². The Labute approximate surface area is 122 Å². The van der Waals surface area contributed by atoms with Crippen molar-refractivity contribution in [2.24, 2.45) is 5.92 Å². The number of carbonyl (C=O) groups is 1. The van der Waals surface area contributed by atoms with Crippen LogP contribution in [0.3, 0.4) is 0 Å². The Morgan fingerprint density at radius 1 is 1.29 bits per heavy atom. The predicted octanol–water partition coefficient (Wildman–Crippen LogP) is 2.05. The third-order valence-corrected chi connectivity index (χ3v) is 4.29. The van der Waals surface area contributed by atoms with Gasteiger partial charge in [-0.1, -0.05) is 13.8 Å². The summed E-state index contributed by atoms with van der Waals surface area (Å²) in [6, 6.07) is -0.109. The molecule has 0 saturated heterocycles. The van der Waals surface area contributed by atoms with Crippen molar-refractivity contribution in [3.05, 3.63) is 29.3 Å². The van der Waals surface area contributed by atoms with E-state index in [1.54, 1.807) is 13.8 Å². The Balaban J connectivity index is 3.16. The summed E-state index contributed by atoms with van der Waals surface area (Å²) in [4.78, 5) is 10.2. The Morgan fingerprint density at radius 3 is 2.33 bits per heavy atom. The van der Waals surface area contributed by atoms with Crippen LogP contribution in [0.15, 0.2) is 17.0 Å². The number of sulfonamides is 1. The van der Waals surface area contributed by atoms with Gasteiger partial charge in [0.1, 0.15) is 22.6 Å². The van der Waals surface area contributed by atoms with Crippen LogP contribution in [0.25, 0.3) is 0 Å². The number of benzene rings is 1. The second-order valence-electron chi connectivity index (χ2n) is 5.17. The summed E-state index contributed by atoms with van der Waals surface area (Å²) in [6.07, 6.45) is 0.0323. The molecule has 0 aliphatic carbocycles. The van der Waals surface area contributed by atoms with E-state index in [4.69, 9.17) is 5.11 Å². The zero-order valence-corrected chi connectivity index (χ0v) is 12.7. The van der Waals surface area contributed by atoms with Gasteiger partial charge in [-0.15, -0.1) is 0 Å². The fourth-order valence-electron chi connectivity index (χ4n) is 1.76. The van der Waals surface area contributed by atoms with Gasteiger partial charge >= 0.3 is 5.97 Å². The highest BCUT2D eigenvalue weighted by Crippen LogP contribution is 2.20. The number of hydrogen-bond acceptors (Lipinski definition) is 3. The molecule has 0 radical (unpaired) electrons. The topological polar surface area (TPSA) is 83.5 Å². The van der Waals surface area contributed by atoms with Gasteiger partial charge in [-0.05, 0) is 37.0 Å². The number of carboxylic acids is 1. The maximum Gasteiger partial charge on any atom is 0.321 e. The van der Waals surface area contributed by atoms with E-state index < -0.39 is 38.6 Å². The molecular weight excluding hydrogens is 304 g/mol. The minimum Gasteiger partial charge on any atom is -0.480 e. The molecule has 0 aromatic heterocycles. The van der Waals surface area contributed by atoms with E-state index in [0.717, 1.165) is 6.07 Å². The Hall–Kier alpha value is -1.54. The van der Waals surface area contributed by atoms with E-state index >= 15 is 0 Å². The van der Waals surface area contributed by atoms with E-state index in [0.29, 0.717) is 6.07 Å². The summed E-state index contributed by atoms with van der Waals surface area (Å²) in [5.74, 6) is -3.48. The fraction of sp³-hybridized carbons (Fsp3) is 0.462. The smallest absolute Gasteiger partial charge is 0.321 e. The molecule has 0 fully saturated rings. The molecule has 0 amide bonds. The molecule has 0 aliphatic heterocycles. The zero-order valence-electron chi connectivity index (χ0n) is 11.9. The molecule has 21 heavy (non-hydrogen) atoms. The van der Waals surface area contributed by atoms with Crippen molar-refractivity contribution in [1.29, 1.82) is 0 Å². The van der Waals surface area contributed by atoms with Crippen LogP contribution in [-0.4, -0.2) is 25.5 Å². The van der Waals surface area contributed by atoms with Gasteiger partial charge in [0.25, 0.3) is 0 Å². The molecule has 118 valence electrons. The van der Waals surface area contributed by atoms with Gasteiger partial charge in [-0.3, -0.25) is 4.79 Å². The monoisotopic (exact) mass is 321 g/mol. The van der Waals surface area contributed by atoms with Gasteiger partial charge in [0.15, 0.2) is 0 Å². The molecule has 0 saturated carbocycles. The van der Waals surface area contributed by atoms with Gasteiger partial charge < -0.3 is 5.11 Å². The number of hydrogen-bond donors (Lipinski definition) is 2. The lowest BCUT2D eigenvalue weighted by atomic mass is 10.1. The van der Waals surface area contributed by atoms with Crippen LogP contribution in [0.5, 0.6) is 0 Å². The maximum absolute atomic E-state index is 13.7. The van der Waals surface area contributed by atoms with Crippen LogP contribution in [0, 0.1) is 24.5 Å². The fourth-order valence-corrected chi connectivity index (χ4v) is 3.03. The van der Waals surface area contributed by atoms with Crippen molar-refractivity contribution in [3.63, 3.8) is 0 Å². The van der Waals surface area contributed by atoms with Crippen LogP contribution in [-0.2, 0) is 14.8 Å². The van der Waals surface area contributed by atoms with Crippen molar-refractivity contribution in [2.75, 3.05) is 0 Å². The van der Waals surface area contributed by atoms with Gasteiger partial charge in [0.2, 0.25) is 10.0 Å². The molecule has 0 heterocycles. The van der Waals surface area contributed by atoms with Gasteiger partial charge in [0.05, 0.1) is 0 Å². The first-order valence-electron chi connectivity index (χ1n) is 6.25. The summed E-state index contributed by atoms with van der Waals surface area (Å²) in [7, 11) is -4.47. The molecule has 8 heteroatoms. The van der Waals surface area contributed by atoms with E-state index in [-0.39, 0.29) is 17.9 Å². The molecule has 5 nitrogen and oxygen atoms in total. The Kier molecular flexibility index (Phi) is 5.41. The van der Waals surface area contributed by atoms with Crippen LogP contribution < -0.4 is 4.72 Å². The lowest BCUT2D eigenvalue weighted by Crippen LogP contribution is -2.41. The first-order valence-corrected chi connectivity index (χ1v) is 7.73. The highest BCUT2D eigenvalue weighted by molar-refractivity contribution is 7.89. The van der Waals surface area contributed by atoms with Gasteiger partial charge in [-0.2, -0.15) is 4.72 Å². The summed E-state index contributed by atoms with van der Waals surface area (Å²) in [6.45, 7) is 4.73. The number of nitrogens with one attached hydrogen (secondary N) is 1. The standard InChI is InChI=1S/C13H17F2NO4S/c1-7(2)4-11(13(17)18)16-21(19,20)12-6-9(14)8(3)5-10(12)15/h5-7,11,16H,4H2,1-3H3,(H,17,18)/t11-/m0/s1. The summed E-state index contributed by atoms with van der Waals surface area (Å²) in [5, 5.41) is 9.01. The Morgan fingerprint density at radius 2 is 1.86 bits per heavy atom. The number of aryl methyl sites for hydroxylation is 1. The minimum atomic E-state index is -4.47. The average Bonchev–Trinajstić information content (AvgIpc) is 2.31. The molecule has 0 unspecified atom stereocenters. The van der Waals surface area contributed by atoms with Crippen molar-refractivity contribution < 1.29 is 27.1 Å². The molecule has 0 spiro atoms. The molecule has 1 atom stereocenters. The highest BCUT2D eigenvalue weighted by Gasteiger charge is 2.28. The number of carboxylic acid groups (broad SMARTS) is 1. The first-order chi connectivity index (χ1) is 9.54. The van der Waals surface area contributed by atoms with Crippen LogP contribution in [0.1, 0.15) is 25.8 Å². The minimum absolute atomic E-state index is 0.0323. The molecule has 1 aromatic carbocycles. The lowest BCUT2D eigenvalue weighted by molar-refractivity contribution is -0.139. The van der Waals surface area contributed by atoms with Crippen LogP contribution in [0.2, 0.25) is 0 Å². The second-order valence-corrected chi connectivity index (χ2v) is 6.86. The second kappa shape index (κ2) is 6.48. The van der Waals surface area contributed by atoms with E-state index in [1.807, 2.05) is 4.72 Å². The number of halogens is 2.